The number of halogens is 3. The topological polar surface area (TPSA) is 44.1 Å². The predicted octanol–water partition coefficient (Wildman–Crippen LogP) is 3.37. The fourth-order valence-electron chi connectivity index (χ4n) is 2.09. The van der Waals surface area contributed by atoms with Crippen LogP contribution in [0.25, 0.3) is 0 Å². The molecule has 0 aromatic heterocycles. The van der Waals surface area contributed by atoms with Crippen LogP contribution in [0.5, 0.6) is 0 Å². The van der Waals surface area contributed by atoms with Crippen LogP contribution in [0.2, 0.25) is 0 Å². The van der Waals surface area contributed by atoms with Crippen molar-refractivity contribution < 1.29 is 18.0 Å². The molecule has 0 aliphatic heterocycles. The van der Waals surface area contributed by atoms with Gasteiger partial charge in [0.1, 0.15) is 6.04 Å². The zero-order chi connectivity index (χ0) is 16.0. The molecule has 2 atom stereocenters. The lowest BCUT2D eigenvalue weighted by Gasteiger charge is -2.27. The van der Waals surface area contributed by atoms with Crippen LogP contribution in [0.15, 0.2) is 36.5 Å². The first-order valence-corrected chi connectivity index (χ1v) is 6.57. The molecular weight excluding hydrogens is 281 g/mol. The van der Waals surface area contributed by atoms with Crippen molar-refractivity contribution >= 4 is 5.91 Å². The summed E-state index contributed by atoms with van der Waals surface area (Å²) in [7, 11) is 0. The highest BCUT2D eigenvalue weighted by molar-refractivity contribution is 5.83. The number of nitriles is 1. The molecule has 3 nitrogen and oxygen atoms in total. The molecule has 0 aromatic rings. The minimum Gasteiger partial charge on any atom is -0.311 e. The molecule has 1 amide bonds. The van der Waals surface area contributed by atoms with Gasteiger partial charge in [0.15, 0.2) is 0 Å². The maximum atomic E-state index is 12.7. The highest BCUT2D eigenvalue weighted by atomic mass is 19.4. The number of allylic oxidation sites excluding steroid dienone is 2. The van der Waals surface area contributed by atoms with E-state index in [0.717, 1.165) is 6.42 Å². The van der Waals surface area contributed by atoms with Gasteiger partial charge in [0.25, 0.3) is 0 Å². The third-order valence-electron chi connectivity index (χ3n) is 3.20. The first-order chi connectivity index (χ1) is 9.81. The molecule has 1 aliphatic rings. The lowest BCUT2D eigenvalue weighted by molar-refractivity contribution is -0.185. The zero-order valence-electron chi connectivity index (χ0n) is 11.7. The van der Waals surface area contributed by atoms with Crippen LogP contribution >= 0.6 is 0 Å². The van der Waals surface area contributed by atoms with Gasteiger partial charge in [-0.05, 0) is 24.3 Å². The summed E-state index contributed by atoms with van der Waals surface area (Å²) in [6, 6.07) is 0.525. The summed E-state index contributed by atoms with van der Waals surface area (Å²) in [5.41, 5.74) is 0.418. The Labute approximate surface area is 122 Å². The molecule has 0 saturated heterocycles. The van der Waals surface area contributed by atoms with E-state index in [1.54, 1.807) is 18.2 Å². The Bertz CT molecular complexity index is 500. The van der Waals surface area contributed by atoms with Crippen molar-refractivity contribution in [1.82, 2.24) is 4.90 Å². The second-order valence-corrected chi connectivity index (χ2v) is 4.89. The van der Waals surface area contributed by atoms with Gasteiger partial charge < -0.3 is 4.90 Å². The van der Waals surface area contributed by atoms with E-state index in [1.165, 1.54) is 6.08 Å². The van der Waals surface area contributed by atoms with E-state index in [9.17, 15) is 23.2 Å². The van der Waals surface area contributed by atoms with Crippen molar-refractivity contribution in [3.05, 3.63) is 36.5 Å². The lowest BCUT2D eigenvalue weighted by Crippen LogP contribution is -2.47. The van der Waals surface area contributed by atoms with Crippen molar-refractivity contribution in [3.8, 4) is 6.07 Å². The number of amides is 1. The molecule has 0 saturated carbocycles. The van der Waals surface area contributed by atoms with E-state index < -0.39 is 18.1 Å². The minimum absolute atomic E-state index is 0.282. The summed E-state index contributed by atoms with van der Waals surface area (Å²) < 4.78 is 38.0. The molecular formula is C15H17F3N2O. The smallest absolute Gasteiger partial charge is 0.311 e. The summed E-state index contributed by atoms with van der Waals surface area (Å²) in [6.07, 6.45) is 2.86. The average Bonchev–Trinajstić information content (AvgIpc) is 2.62. The van der Waals surface area contributed by atoms with Gasteiger partial charge in [-0.15, -0.1) is 6.58 Å². The molecule has 0 aromatic carbocycles. The number of hydrogen-bond donors (Lipinski definition) is 0. The average molecular weight is 298 g/mol. The van der Waals surface area contributed by atoms with Gasteiger partial charge in [-0.3, -0.25) is 4.79 Å². The Morgan fingerprint density at radius 3 is 2.86 bits per heavy atom. The molecule has 1 rings (SSSR count). The van der Waals surface area contributed by atoms with Crippen molar-refractivity contribution in [3.63, 3.8) is 0 Å². The Morgan fingerprint density at radius 2 is 2.33 bits per heavy atom. The van der Waals surface area contributed by atoms with Gasteiger partial charge in [-0.1, -0.05) is 31.2 Å². The van der Waals surface area contributed by atoms with Gasteiger partial charge in [0.05, 0.1) is 6.07 Å². The van der Waals surface area contributed by atoms with Gasteiger partial charge in [0.2, 0.25) is 0 Å². The van der Waals surface area contributed by atoms with Gasteiger partial charge in [-0.25, -0.2) is 0 Å². The van der Waals surface area contributed by atoms with Crippen molar-refractivity contribution in [2.24, 2.45) is 5.92 Å². The van der Waals surface area contributed by atoms with Crippen LogP contribution in [0.1, 0.15) is 19.8 Å². The van der Waals surface area contributed by atoms with E-state index >= 15 is 0 Å². The molecule has 0 N–H and O–H groups in total. The highest BCUT2D eigenvalue weighted by Crippen LogP contribution is 2.25. The van der Waals surface area contributed by atoms with E-state index in [1.807, 2.05) is 13.0 Å². The molecule has 114 valence electrons. The number of carbonyl (C=O) groups excluding carboxylic acids is 1. The van der Waals surface area contributed by atoms with Crippen molar-refractivity contribution in [2.45, 2.75) is 32.0 Å². The molecule has 6 heteroatoms. The van der Waals surface area contributed by atoms with Crippen LogP contribution in [0, 0.1) is 17.2 Å². The molecule has 0 radical (unpaired) electrons. The second-order valence-electron chi connectivity index (χ2n) is 4.89. The lowest BCUT2D eigenvalue weighted by atomic mass is 10.1. The minimum atomic E-state index is -5.01. The third kappa shape index (κ3) is 4.48. The number of nitrogens with zero attached hydrogens (tertiary/aromatic N) is 2. The van der Waals surface area contributed by atoms with Crippen molar-refractivity contribution in [1.29, 1.82) is 5.26 Å². The Morgan fingerprint density at radius 1 is 1.67 bits per heavy atom. The normalized spacial score (nSPS) is 20.0. The van der Waals surface area contributed by atoms with Crippen LogP contribution in [-0.4, -0.2) is 29.6 Å². The van der Waals surface area contributed by atoms with Crippen LogP contribution in [0.3, 0.4) is 0 Å². The van der Waals surface area contributed by atoms with Crippen LogP contribution in [-0.2, 0) is 4.79 Å². The molecule has 0 bridgehead atoms. The molecule has 0 spiro atoms. The fraction of sp³-hybridized carbons (Fsp3) is 0.467. The summed E-state index contributed by atoms with van der Waals surface area (Å²) in [6.45, 7) is 5.00. The molecule has 21 heavy (non-hydrogen) atoms. The predicted molar refractivity (Wildman–Crippen MR) is 73.0 cm³/mol. The maximum Gasteiger partial charge on any atom is 0.471 e. The molecule has 0 heterocycles. The van der Waals surface area contributed by atoms with E-state index in [2.05, 4.69) is 6.58 Å². The Balaban J connectivity index is 3.11. The Hall–Kier alpha value is -2.03. The summed E-state index contributed by atoms with van der Waals surface area (Å²) >= 11 is 0. The monoisotopic (exact) mass is 298 g/mol. The molecule has 1 aliphatic carbocycles. The molecule has 2 unspecified atom stereocenters. The van der Waals surface area contributed by atoms with E-state index in [-0.39, 0.29) is 12.5 Å². The summed E-state index contributed by atoms with van der Waals surface area (Å²) in [5, 5.41) is 9.23. The number of rotatable bonds is 4. The van der Waals surface area contributed by atoms with Crippen LogP contribution in [0.4, 0.5) is 13.2 Å². The summed E-state index contributed by atoms with van der Waals surface area (Å²) in [5.74, 6) is -1.75. The molecule has 0 fully saturated rings. The Kier molecular flexibility index (Phi) is 5.77. The van der Waals surface area contributed by atoms with Crippen molar-refractivity contribution in [2.75, 3.05) is 6.54 Å². The van der Waals surface area contributed by atoms with E-state index in [4.69, 9.17) is 0 Å². The number of alkyl halides is 3. The fourth-order valence-corrected chi connectivity index (χ4v) is 2.09. The zero-order valence-corrected chi connectivity index (χ0v) is 11.7. The quantitative estimate of drug-likeness (QED) is 0.747. The van der Waals surface area contributed by atoms with Crippen LogP contribution < -0.4 is 0 Å². The van der Waals surface area contributed by atoms with E-state index in [0.29, 0.717) is 16.9 Å². The van der Waals surface area contributed by atoms with Gasteiger partial charge >= 0.3 is 12.1 Å². The highest BCUT2D eigenvalue weighted by Gasteiger charge is 2.44. The second kappa shape index (κ2) is 7.11. The first kappa shape index (κ1) is 17.0. The number of carbonyl (C=O) groups is 1. The third-order valence-corrected chi connectivity index (χ3v) is 3.20. The van der Waals surface area contributed by atoms with Gasteiger partial charge in [0, 0.05) is 6.54 Å². The SMILES string of the molecule is C=CCN(C(=O)C(F)(F)F)C(C#N)C1=CCCC(C)C=C1. The first-order valence-electron chi connectivity index (χ1n) is 6.57. The largest absolute Gasteiger partial charge is 0.471 e. The standard InChI is InChI=1S/C15H17F3N2O/c1-3-9-20(14(21)15(16,17)18)13(10-19)12-6-4-5-11(2)7-8-12/h3,6-8,11,13H,1,4-5,9H2,2H3. The summed E-state index contributed by atoms with van der Waals surface area (Å²) in [4.78, 5) is 12.0. The van der Waals surface area contributed by atoms with Gasteiger partial charge in [-0.2, -0.15) is 18.4 Å². The maximum absolute atomic E-state index is 12.7. The number of hydrogen-bond acceptors (Lipinski definition) is 2.